The molecule has 2 aliphatic heterocycles. The number of furan rings is 1. The van der Waals surface area contributed by atoms with Crippen LogP contribution in [0.3, 0.4) is 0 Å². The Balaban J connectivity index is 0.000000269. The molecule has 12 heteroatoms. The van der Waals surface area contributed by atoms with Gasteiger partial charge >= 0.3 is 0 Å². The van der Waals surface area contributed by atoms with Gasteiger partial charge in [-0.3, -0.25) is 4.55 Å². The molecule has 0 spiro atoms. The van der Waals surface area contributed by atoms with Crippen molar-refractivity contribution < 1.29 is 26.9 Å². The lowest BCUT2D eigenvalue weighted by molar-refractivity contribution is 0.174. The summed E-state index contributed by atoms with van der Waals surface area (Å²) < 4.78 is 46.2. The van der Waals surface area contributed by atoms with Gasteiger partial charge < -0.3 is 23.7 Å². The van der Waals surface area contributed by atoms with Crippen molar-refractivity contribution >= 4 is 55.2 Å². The molecule has 0 saturated carbocycles. The van der Waals surface area contributed by atoms with Crippen molar-refractivity contribution in [2.75, 3.05) is 37.9 Å². The quantitative estimate of drug-likeness (QED) is 0.213. The van der Waals surface area contributed by atoms with Crippen LogP contribution >= 0.6 is 12.2 Å². The molecule has 4 heterocycles. The summed E-state index contributed by atoms with van der Waals surface area (Å²) in [5.74, 6) is 2.50. The number of hydrogen-bond acceptors (Lipinski definition) is 9. The first kappa shape index (κ1) is 27.9. The molecule has 3 aromatic carbocycles. The molecule has 2 aliphatic rings. The van der Waals surface area contributed by atoms with Gasteiger partial charge in [0.05, 0.1) is 9.88 Å². The summed E-state index contributed by atoms with van der Waals surface area (Å²) in [7, 11) is -4.00. The number of aromatic nitrogens is 2. The van der Waals surface area contributed by atoms with Gasteiger partial charge in [0.2, 0.25) is 6.79 Å². The number of para-hydroxylation sites is 1. The molecule has 216 valence electrons. The number of ether oxygens (including phenoxy) is 2. The van der Waals surface area contributed by atoms with Crippen LogP contribution in [0.15, 0.2) is 88.4 Å². The standard InChI is InChI=1S/C24H22N4O3S.C6H6O3S/c32-21(8-6-16-5-7-19-20(13-16)30-15-29-19)27-9-11-28(12-10-27)24-23-22(25-14-26-24)17-3-1-2-4-18(17)31-23;7-10(8,9)6-4-2-1-3-5-6/h1-5,7,13-14H,6,8-12,15H2;1-5H,(H,7,8,9). The first-order valence-corrected chi connectivity index (χ1v) is 15.3. The van der Waals surface area contributed by atoms with E-state index in [4.69, 9.17) is 30.7 Å². The second-order valence-electron chi connectivity index (χ2n) is 9.82. The van der Waals surface area contributed by atoms with Crippen molar-refractivity contribution in [3.63, 3.8) is 0 Å². The fourth-order valence-electron chi connectivity index (χ4n) is 5.00. The van der Waals surface area contributed by atoms with Crippen LogP contribution in [-0.2, 0) is 16.5 Å². The van der Waals surface area contributed by atoms with Gasteiger partial charge in [-0.25, -0.2) is 9.97 Å². The lowest BCUT2D eigenvalue weighted by atomic mass is 10.1. The van der Waals surface area contributed by atoms with Crippen LogP contribution in [-0.4, -0.2) is 65.8 Å². The minimum atomic E-state index is -4.00. The summed E-state index contributed by atoms with van der Waals surface area (Å²) in [6.07, 6.45) is 3.36. The number of rotatable bonds is 5. The molecular formula is C30H28N4O6S2. The Labute approximate surface area is 248 Å². The zero-order chi connectivity index (χ0) is 29.1. The lowest BCUT2D eigenvalue weighted by Crippen LogP contribution is -2.48. The highest BCUT2D eigenvalue weighted by atomic mass is 32.2. The number of benzene rings is 3. The van der Waals surface area contributed by atoms with E-state index in [9.17, 15) is 8.42 Å². The van der Waals surface area contributed by atoms with Crippen LogP contribution in [0.5, 0.6) is 11.5 Å². The van der Waals surface area contributed by atoms with E-state index < -0.39 is 10.1 Å². The summed E-state index contributed by atoms with van der Waals surface area (Å²) in [4.78, 5) is 14.5. The van der Waals surface area contributed by atoms with Gasteiger partial charge in [-0.05, 0) is 48.4 Å². The number of anilines is 1. The Kier molecular flexibility index (Phi) is 7.92. The number of nitrogens with zero attached hydrogens (tertiary/aromatic N) is 4. The minimum Gasteiger partial charge on any atom is -0.454 e. The molecule has 0 amide bonds. The van der Waals surface area contributed by atoms with Crippen molar-refractivity contribution in [1.29, 1.82) is 0 Å². The third-order valence-electron chi connectivity index (χ3n) is 7.18. The van der Waals surface area contributed by atoms with Gasteiger partial charge in [-0.15, -0.1) is 0 Å². The van der Waals surface area contributed by atoms with Crippen LogP contribution in [0.4, 0.5) is 5.82 Å². The third-order valence-corrected chi connectivity index (χ3v) is 8.51. The van der Waals surface area contributed by atoms with Crippen molar-refractivity contribution in [3.05, 3.63) is 84.7 Å². The summed E-state index contributed by atoms with van der Waals surface area (Å²) in [5, 5.41) is 1.02. The number of aryl methyl sites for hydroxylation is 1. The Morgan fingerprint density at radius 3 is 2.40 bits per heavy atom. The first-order valence-electron chi connectivity index (χ1n) is 13.4. The van der Waals surface area contributed by atoms with Crippen LogP contribution in [0.1, 0.15) is 12.0 Å². The van der Waals surface area contributed by atoms with Gasteiger partial charge in [0.25, 0.3) is 10.1 Å². The zero-order valence-corrected chi connectivity index (χ0v) is 24.2. The highest BCUT2D eigenvalue weighted by molar-refractivity contribution is 7.85. The van der Waals surface area contributed by atoms with E-state index in [1.807, 2.05) is 30.3 Å². The van der Waals surface area contributed by atoms with Gasteiger partial charge in [-0.1, -0.05) is 48.6 Å². The normalized spacial score (nSPS) is 14.6. The van der Waals surface area contributed by atoms with E-state index in [0.29, 0.717) is 6.79 Å². The Morgan fingerprint density at radius 1 is 0.905 bits per heavy atom. The number of thiocarbonyl (C=S) groups is 1. The van der Waals surface area contributed by atoms with Gasteiger partial charge in [-0.2, -0.15) is 8.42 Å². The van der Waals surface area contributed by atoms with Crippen LogP contribution < -0.4 is 14.4 Å². The first-order chi connectivity index (χ1) is 20.4. The summed E-state index contributed by atoms with van der Waals surface area (Å²) >= 11 is 5.76. The number of piperazine rings is 1. The molecule has 0 aliphatic carbocycles. The Hall–Kier alpha value is -4.26. The maximum atomic E-state index is 10.4. The maximum absolute atomic E-state index is 10.4. The molecule has 5 aromatic rings. The maximum Gasteiger partial charge on any atom is 0.294 e. The molecule has 1 fully saturated rings. The zero-order valence-electron chi connectivity index (χ0n) is 22.5. The van der Waals surface area contributed by atoms with E-state index >= 15 is 0 Å². The van der Waals surface area contributed by atoms with Crippen molar-refractivity contribution in [3.8, 4) is 11.5 Å². The van der Waals surface area contributed by atoms with Gasteiger partial charge in [0, 0.05) is 38.0 Å². The van der Waals surface area contributed by atoms with Gasteiger partial charge in [0.1, 0.15) is 17.4 Å². The summed E-state index contributed by atoms with van der Waals surface area (Å²) in [5.41, 5.74) is 3.68. The second kappa shape index (κ2) is 11.9. The van der Waals surface area contributed by atoms with Crippen LogP contribution in [0.25, 0.3) is 22.1 Å². The van der Waals surface area contributed by atoms with Crippen molar-refractivity contribution in [2.24, 2.45) is 0 Å². The van der Waals surface area contributed by atoms with E-state index in [1.54, 1.807) is 24.5 Å². The fourth-order valence-corrected chi connectivity index (χ4v) is 5.79. The summed E-state index contributed by atoms with van der Waals surface area (Å²) in [6, 6.07) is 21.5. The van der Waals surface area contributed by atoms with E-state index in [0.717, 1.165) is 83.4 Å². The largest absolute Gasteiger partial charge is 0.454 e. The monoisotopic (exact) mass is 604 g/mol. The molecule has 10 nitrogen and oxygen atoms in total. The van der Waals surface area contributed by atoms with E-state index in [1.165, 1.54) is 17.7 Å². The molecule has 0 radical (unpaired) electrons. The Bertz CT molecular complexity index is 1840. The predicted octanol–water partition coefficient (Wildman–Crippen LogP) is 5.12. The smallest absolute Gasteiger partial charge is 0.294 e. The molecule has 42 heavy (non-hydrogen) atoms. The lowest BCUT2D eigenvalue weighted by Gasteiger charge is -2.36. The molecule has 2 aromatic heterocycles. The van der Waals surface area contributed by atoms with E-state index in [-0.39, 0.29) is 4.90 Å². The van der Waals surface area contributed by atoms with Crippen molar-refractivity contribution in [1.82, 2.24) is 14.9 Å². The summed E-state index contributed by atoms with van der Waals surface area (Å²) in [6.45, 7) is 3.71. The second-order valence-corrected chi connectivity index (χ2v) is 11.7. The highest BCUT2D eigenvalue weighted by Gasteiger charge is 2.24. The van der Waals surface area contributed by atoms with E-state index in [2.05, 4.69) is 31.9 Å². The SMILES string of the molecule is O=S(=O)(O)c1ccccc1.S=C(CCc1ccc2c(c1)OCO2)N1CCN(c2ncnc3c2oc2ccccc23)CC1. The Morgan fingerprint density at radius 2 is 1.64 bits per heavy atom. The number of hydrogen-bond donors (Lipinski definition) is 1. The highest BCUT2D eigenvalue weighted by Crippen LogP contribution is 2.34. The molecule has 1 N–H and O–H groups in total. The fraction of sp³-hybridized carbons (Fsp3) is 0.233. The minimum absolute atomic E-state index is 0.0741. The molecule has 0 atom stereocenters. The van der Waals surface area contributed by atoms with Crippen molar-refractivity contribution in [2.45, 2.75) is 17.7 Å². The molecule has 0 bridgehead atoms. The predicted molar refractivity (Wildman–Crippen MR) is 163 cm³/mol. The molecular weight excluding hydrogens is 576 g/mol. The number of fused-ring (bicyclic) bond motifs is 4. The van der Waals surface area contributed by atoms with Crippen LogP contribution in [0.2, 0.25) is 0 Å². The molecule has 7 rings (SSSR count). The average molecular weight is 605 g/mol. The third kappa shape index (κ3) is 6.01. The van der Waals surface area contributed by atoms with Crippen LogP contribution in [0, 0.1) is 0 Å². The average Bonchev–Trinajstić information content (AvgIpc) is 3.65. The molecule has 0 unspecified atom stereocenters. The van der Waals surface area contributed by atoms with Gasteiger partial charge in [0.15, 0.2) is 22.9 Å². The topological polar surface area (TPSA) is 118 Å². The molecule has 1 saturated heterocycles.